The molecule has 2 aliphatic heterocycles. The van der Waals surface area contributed by atoms with E-state index in [0.29, 0.717) is 34.9 Å². The van der Waals surface area contributed by atoms with Crippen LogP contribution in [0.15, 0.2) is 35.2 Å². The van der Waals surface area contributed by atoms with Gasteiger partial charge >= 0.3 is 5.97 Å². The molecule has 9 nitrogen and oxygen atoms in total. The van der Waals surface area contributed by atoms with Gasteiger partial charge in [-0.3, -0.25) is 14.3 Å². The highest BCUT2D eigenvalue weighted by molar-refractivity contribution is 7.97. The summed E-state index contributed by atoms with van der Waals surface area (Å²) < 4.78 is 41.5. The quantitative estimate of drug-likeness (QED) is 0.186. The topological polar surface area (TPSA) is 96.0 Å². The van der Waals surface area contributed by atoms with Gasteiger partial charge in [-0.1, -0.05) is 13.8 Å². The first-order chi connectivity index (χ1) is 20.6. The first-order valence-electron chi connectivity index (χ1n) is 15.0. The number of nitrogens with zero attached hydrogens (tertiary/aromatic N) is 3. The normalized spacial score (nSPS) is 18.9. The minimum Gasteiger partial charge on any atom is -0.493 e. The zero-order valence-electron chi connectivity index (χ0n) is 25.1. The third-order valence-electron chi connectivity index (χ3n) is 8.54. The van der Waals surface area contributed by atoms with Crippen molar-refractivity contribution in [2.45, 2.75) is 63.2 Å². The molecule has 0 unspecified atom stereocenters. The maximum atomic E-state index is 13.8. The Hall–Kier alpha value is -3.12. The Labute approximate surface area is 256 Å². The molecule has 0 radical (unpaired) electrons. The number of piperidine rings is 2. The first kappa shape index (κ1) is 31.3. The summed E-state index contributed by atoms with van der Waals surface area (Å²) in [7, 11) is 1.51. The zero-order chi connectivity index (χ0) is 30.6. The Morgan fingerprint density at radius 3 is 2.35 bits per heavy atom. The maximum Gasteiger partial charge on any atom is 0.308 e. The number of halogens is 2. The lowest BCUT2D eigenvalue weighted by atomic mass is 9.93. The molecule has 0 atom stereocenters. The lowest BCUT2D eigenvalue weighted by molar-refractivity contribution is -0.147. The van der Waals surface area contributed by atoms with Crippen LogP contribution in [0.5, 0.6) is 5.75 Å². The van der Waals surface area contributed by atoms with Crippen LogP contribution in [0.1, 0.15) is 62.7 Å². The van der Waals surface area contributed by atoms with E-state index in [0.717, 1.165) is 36.5 Å². The summed E-state index contributed by atoms with van der Waals surface area (Å²) in [6.45, 7) is 6.46. The smallest absolute Gasteiger partial charge is 0.308 e. The number of methoxy groups -OCH3 is 1. The van der Waals surface area contributed by atoms with Crippen LogP contribution in [-0.2, 0) is 9.53 Å². The van der Waals surface area contributed by atoms with Gasteiger partial charge in [0.15, 0.2) is 11.6 Å². The fourth-order valence-corrected chi connectivity index (χ4v) is 6.20. The van der Waals surface area contributed by atoms with E-state index in [-0.39, 0.29) is 50.3 Å². The van der Waals surface area contributed by atoms with E-state index in [1.165, 1.54) is 31.9 Å². The summed E-state index contributed by atoms with van der Waals surface area (Å²) in [5, 5.41) is 2.93. The second-order valence-corrected chi connectivity index (χ2v) is 13.0. The van der Waals surface area contributed by atoms with Crippen molar-refractivity contribution in [2.24, 2.45) is 11.3 Å². The van der Waals surface area contributed by atoms with Crippen LogP contribution in [0, 0.1) is 11.3 Å². The number of aromatic nitrogens is 1. The van der Waals surface area contributed by atoms with E-state index < -0.39 is 5.92 Å². The van der Waals surface area contributed by atoms with Gasteiger partial charge in [-0.15, -0.1) is 0 Å². The minimum atomic E-state index is -2.68. The van der Waals surface area contributed by atoms with Crippen molar-refractivity contribution in [3.8, 4) is 5.75 Å². The molecule has 3 aliphatic rings. The van der Waals surface area contributed by atoms with Crippen LogP contribution in [-0.4, -0.2) is 69.2 Å². The van der Waals surface area contributed by atoms with E-state index >= 15 is 0 Å². The third kappa shape index (κ3) is 7.89. The van der Waals surface area contributed by atoms with Crippen molar-refractivity contribution in [1.82, 2.24) is 9.71 Å². The van der Waals surface area contributed by atoms with Crippen molar-refractivity contribution in [3.63, 3.8) is 0 Å². The average molecular weight is 618 g/mol. The van der Waals surface area contributed by atoms with Crippen LogP contribution in [0.25, 0.3) is 0 Å². The molecule has 1 aliphatic carbocycles. The largest absolute Gasteiger partial charge is 0.493 e. The Morgan fingerprint density at radius 1 is 1.00 bits per heavy atom. The molecule has 12 heteroatoms. The van der Waals surface area contributed by atoms with Crippen molar-refractivity contribution < 1.29 is 27.8 Å². The average Bonchev–Trinajstić information content (AvgIpc) is 3.75. The van der Waals surface area contributed by atoms with E-state index in [2.05, 4.69) is 19.9 Å². The number of carbonyl (C=O) groups excluding carboxylic acids is 2. The van der Waals surface area contributed by atoms with Gasteiger partial charge in [0.05, 0.1) is 24.3 Å². The summed E-state index contributed by atoms with van der Waals surface area (Å²) in [6, 6.07) is 9.11. The van der Waals surface area contributed by atoms with Crippen LogP contribution in [0.2, 0.25) is 0 Å². The highest BCUT2D eigenvalue weighted by Crippen LogP contribution is 2.54. The van der Waals surface area contributed by atoms with Gasteiger partial charge in [0.1, 0.15) is 12.4 Å². The van der Waals surface area contributed by atoms with Gasteiger partial charge in [0.25, 0.3) is 11.8 Å². The van der Waals surface area contributed by atoms with Crippen LogP contribution >= 0.6 is 11.9 Å². The number of alkyl halides is 2. The number of carbonyl (C=O) groups is 2. The summed E-state index contributed by atoms with van der Waals surface area (Å²) >= 11 is 1.43. The van der Waals surface area contributed by atoms with E-state index in [1.807, 2.05) is 18.2 Å². The molecule has 43 heavy (non-hydrogen) atoms. The number of esters is 1. The summed E-state index contributed by atoms with van der Waals surface area (Å²) in [5.74, 6) is -2.11. The van der Waals surface area contributed by atoms with E-state index in [1.54, 1.807) is 30.9 Å². The highest BCUT2D eigenvalue weighted by atomic mass is 32.2. The minimum absolute atomic E-state index is 0.154. The standard InChI is InChI=1S/C31H41F2N5O4S/c1-21(2)29(40)42-19-14-34-43-22-4-5-23(24(20-22)37-15-10-30(8-9-30)11-16-37)28(39)36-26-7-6-25(41-3)27(35-26)38-17-12-31(32,33)13-18-38/h4-7,20-21,34H,8-19H2,1-3H3,(H,35,36,39). The maximum absolute atomic E-state index is 13.8. The third-order valence-corrected chi connectivity index (χ3v) is 9.38. The monoisotopic (exact) mass is 617 g/mol. The van der Waals surface area contributed by atoms with Gasteiger partial charge in [-0.25, -0.2) is 13.8 Å². The molecule has 1 saturated carbocycles. The Bertz CT molecular complexity index is 1300. The lowest BCUT2D eigenvalue weighted by Crippen LogP contribution is -2.40. The Morgan fingerprint density at radius 2 is 1.70 bits per heavy atom. The number of pyridine rings is 1. The van der Waals surface area contributed by atoms with Crippen molar-refractivity contribution in [2.75, 3.05) is 61.6 Å². The number of hydrogen-bond acceptors (Lipinski definition) is 9. The molecule has 1 amide bonds. The van der Waals surface area contributed by atoms with Crippen molar-refractivity contribution >= 4 is 41.1 Å². The molecule has 1 aromatic carbocycles. The molecule has 234 valence electrons. The number of rotatable bonds is 11. The van der Waals surface area contributed by atoms with Crippen LogP contribution < -0.4 is 24.6 Å². The number of nitrogens with one attached hydrogen (secondary N) is 2. The second-order valence-electron chi connectivity index (χ2n) is 12.0. The van der Waals surface area contributed by atoms with Gasteiger partial charge in [0, 0.05) is 50.5 Å². The molecule has 3 fully saturated rings. The molecular weight excluding hydrogens is 576 g/mol. The molecule has 2 saturated heterocycles. The van der Waals surface area contributed by atoms with E-state index in [4.69, 9.17) is 9.47 Å². The first-order valence-corrected chi connectivity index (χ1v) is 15.8. The predicted octanol–water partition coefficient (Wildman–Crippen LogP) is 5.75. The van der Waals surface area contributed by atoms with Gasteiger partial charge in [0.2, 0.25) is 0 Å². The number of amides is 1. The van der Waals surface area contributed by atoms with Crippen LogP contribution in [0.3, 0.4) is 0 Å². The highest BCUT2D eigenvalue weighted by Gasteiger charge is 2.44. The number of benzene rings is 1. The molecule has 3 heterocycles. The molecule has 2 N–H and O–H groups in total. The number of ether oxygens (including phenoxy) is 2. The fourth-order valence-electron chi connectivity index (χ4n) is 5.54. The molecule has 5 rings (SSSR count). The Kier molecular flexibility index (Phi) is 9.65. The fraction of sp³-hybridized carbons (Fsp3) is 0.581. The van der Waals surface area contributed by atoms with Crippen molar-refractivity contribution in [3.05, 3.63) is 35.9 Å². The molecule has 1 spiro atoms. The second kappa shape index (κ2) is 13.3. The van der Waals surface area contributed by atoms with Gasteiger partial charge in [-0.2, -0.15) is 0 Å². The zero-order valence-corrected chi connectivity index (χ0v) is 25.9. The summed E-state index contributed by atoms with van der Waals surface area (Å²) in [6.07, 6.45) is 4.30. The molecule has 2 aromatic rings. The predicted molar refractivity (Wildman–Crippen MR) is 164 cm³/mol. The Balaban J connectivity index is 1.30. The van der Waals surface area contributed by atoms with Crippen molar-refractivity contribution in [1.29, 1.82) is 0 Å². The van der Waals surface area contributed by atoms with Gasteiger partial charge < -0.3 is 24.6 Å². The number of hydrogen-bond donors (Lipinski definition) is 2. The molecular formula is C31H41F2N5O4S. The SMILES string of the molecule is COc1ccc(NC(=O)c2ccc(SNCCOC(=O)C(C)C)cc2N2CCC3(CC2)CC3)nc1N1CCC(F)(F)CC1. The lowest BCUT2D eigenvalue weighted by Gasteiger charge is -2.35. The van der Waals surface area contributed by atoms with E-state index in [9.17, 15) is 18.4 Å². The summed E-state index contributed by atoms with van der Waals surface area (Å²) in [4.78, 5) is 35.0. The molecule has 0 bridgehead atoms. The van der Waals surface area contributed by atoms with Crippen LogP contribution in [0.4, 0.5) is 26.1 Å². The molecule has 1 aromatic heterocycles. The van der Waals surface area contributed by atoms with Gasteiger partial charge in [-0.05, 0) is 73.4 Å². The summed E-state index contributed by atoms with van der Waals surface area (Å²) in [5.41, 5.74) is 1.89. The number of anilines is 3.